The lowest BCUT2D eigenvalue weighted by molar-refractivity contribution is -0.130. The van der Waals surface area contributed by atoms with Crippen molar-refractivity contribution >= 4 is 11.9 Å². The van der Waals surface area contributed by atoms with E-state index in [2.05, 4.69) is 5.32 Å². The highest BCUT2D eigenvalue weighted by Gasteiger charge is 2.47. The molecular weight excluding hydrogens is 315 g/mol. The molecule has 0 saturated carbocycles. The quantitative estimate of drug-likeness (QED) is 0.613. The van der Waals surface area contributed by atoms with Gasteiger partial charge in [0.05, 0.1) is 6.67 Å². The number of urea groups is 1. The number of carbonyl (C=O) groups is 2. The molecule has 0 unspecified atom stereocenters. The maximum atomic E-state index is 12.7. The molecule has 7 heteroatoms. The minimum Gasteiger partial charge on any atom is -0.454 e. The lowest BCUT2D eigenvalue weighted by Gasteiger charge is -2.22. The van der Waals surface area contributed by atoms with Crippen molar-refractivity contribution in [1.29, 1.82) is 0 Å². The summed E-state index contributed by atoms with van der Waals surface area (Å²) in [6, 6.07) is 5.11. The normalized spacial score (nSPS) is 22.2. The largest absolute Gasteiger partial charge is 0.454 e. The Morgan fingerprint density at radius 3 is 2.79 bits per heavy atom. The Hall–Kier alpha value is -2.31. The van der Waals surface area contributed by atoms with Gasteiger partial charge in [-0.15, -0.1) is 0 Å². The molecular formula is C17H21FN2O4. The molecule has 1 aromatic carbocycles. The number of nitrogens with zero attached hydrogens (tertiary/aromatic N) is 1. The molecule has 6 nitrogen and oxygen atoms in total. The second-order valence-electron chi connectivity index (χ2n) is 6.33. The van der Waals surface area contributed by atoms with Crippen molar-refractivity contribution in [3.63, 3.8) is 0 Å². The Morgan fingerprint density at radius 1 is 1.21 bits per heavy atom. The van der Waals surface area contributed by atoms with Gasteiger partial charge in [0.1, 0.15) is 5.54 Å². The second-order valence-corrected chi connectivity index (χ2v) is 6.33. The van der Waals surface area contributed by atoms with Crippen LogP contribution in [0.15, 0.2) is 18.2 Å². The molecule has 0 radical (unpaired) electrons. The summed E-state index contributed by atoms with van der Waals surface area (Å²) >= 11 is 0. The number of hydrogen-bond donors (Lipinski definition) is 1. The molecule has 2 aliphatic rings. The summed E-state index contributed by atoms with van der Waals surface area (Å²) in [7, 11) is 0. The van der Waals surface area contributed by atoms with Crippen LogP contribution in [0.2, 0.25) is 0 Å². The van der Waals surface area contributed by atoms with E-state index in [1.165, 1.54) is 4.90 Å². The predicted molar refractivity (Wildman–Crippen MR) is 84.7 cm³/mol. The first-order valence-electron chi connectivity index (χ1n) is 8.12. The Morgan fingerprint density at radius 2 is 2.00 bits per heavy atom. The number of imide groups is 1. The maximum absolute atomic E-state index is 12.7. The van der Waals surface area contributed by atoms with Gasteiger partial charge < -0.3 is 14.8 Å². The fourth-order valence-electron chi connectivity index (χ4n) is 3.07. The number of rotatable bonds is 7. The molecule has 3 amide bonds. The Labute approximate surface area is 139 Å². The summed E-state index contributed by atoms with van der Waals surface area (Å²) in [6.45, 7) is 1.86. The number of hydrogen-bond acceptors (Lipinski definition) is 4. The molecule has 2 aliphatic heterocycles. The molecule has 2 heterocycles. The number of alkyl halides is 1. The fourth-order valence-corrected chi connectivity index (χ4v) is 3.07. The van der Waals surface area contributed by atoms with E-state index in [0.29, 0.717) is 43.7 Å². The van der Waals surface area contributed by atoms with Crippen LogP contribution in [0.4, 0.5) is 9.18 Å². The third kappa shape index (κ3) is 3.16. The molecule has 1 atom stereocenters. The van der Waals surface area contributed by atoms with Gasteiger partial charge >= 0.3 is 6.03 Å². The Bertz CT molecular complexity index is 651. The Balaban J connectivity index is 1.66. The number of benzene rings is 1. The van der Waals surface area contributed by atoms with Crippen molar-refractivity contribution in [3.8, 4) is 11.5 Å². The first kappa shape index (κ1) is 16.5. The first-order valence-corrected chi connectivity index (χ1v) is 8.12. The van der Waals surface area contributed by atoms with Gasteiger partial charge in [-0.3, -0.25) is 14.1 Å². The monoisotopic (exact) mass is 336 g/mol. The minimum absolute atomic E-state index is 0.193. The molecule has 24 heavy (non-hydrogen) atoms. The molecule has 3 rings (SSSR count). The highest BCUT2D eigenvalue weighted by atomic mass is 19.1. The molecule has 0 aromatic heterocycles. The van der Waals surface area contributed by atoms with Crippen LogP contribution in [0, 0.1) is 0 Å². The van der Waals surface area contributed by atoms with Crippen LogP contribution in [0.5, 0.6) is 11.5 Å². The SMILES string of the molecule is C[C@@]1(Cc2ccc3c(c2)OCO3)NC(=O)N(CCCCCF)C1=O. The molecule has 130 valence electrons. The molecule has 0 bridgehead atoms. The van der Waals surface area contributed by atoms with E-state index in [-0.39, 0.29) is 25.4 Å². The number of fused-ring (bicyclic) bond motifs is 1. The number of carbonyl (C=O) groups excluding carboxylic acids is 2. The van der Waals surface area contributed by atoms with Gasteiger partial charge in [0.2, 0.25) is 6.79 Å². The third-order valence-electron chi connectivity index (χ3n) is 4.36. The standard InChI is InChI=1S/C17H21FN2O4/c1-17(10-12-5-6-13-14(9-12)24-11-23-13)15(21)20(16(22)19-17)8-4-2-3-7-18/h5-6,9H,2-4,7-8,10-11H2,1H3,(H,19,22)/t17-/m0/s1. The summed E-state index contributed by atoms with van der Waals surface area (Å²) in [6.07, 6.45) is 2.10. The maximum Gasteiger partial charge on any atom is 0.325 e. The van der Waals surface area contributed by atoms with E-state index in [1.54, 1.807) is 13.0 Å². The molecule has 0 aliphatic carbocycles. The molecule has 1 aromatic rings. The lowest BCUT2D eigenvalue weighted by atomic mass is 9.92. The smallest absolute Gasteiger partial charge is 0.325 e. The van der Waals surface area contributed by atoms with Crippen molar-refractivity contribution in [3.05, 3.63) is 23.8 Å². The van der Waals surface area contributed by atoms with Gasteiger partial charge in [0.15, 0.2) is 11.5 Å². The van der Waals surface area contributed by atoms with E-state index in [0.717, 1.165) is 5.56 Å². The van der Waals surface area contributed by atoms with E-state index in [1.807, 2.05) is 12.1 Å². The fraction of sp³-hybridized carbons (Fsp3) is 0.529. The van der Waals surface area contributed by atoms with Crippen LogP contribution in [0.25, 0.3) is 0 Å². The van der Waals surface area contributed by atoms with Crippen LogP contribution in [0.3, 0.4) is 0 Å². The Kier molecular flexibility index (Phi) is 4.59. The number of halogens is 1. The van der Waals surface area contributed by atoms with Crippen LogP contribution >= 0.6 is 0 Å². The van der Waals surface area contributed by atoms with Gasteiger partial charge in [0, 0.05) is 13.0 Å². The van der Waals surface area contributed by atoms with Gasteiger partial charge in [-0.2, -0.15) is 0 Å². The zero-order chi connectivity index (χ0) is 17.2. The number of unbranched alkanes of at least 4 members (excludes halogenated alkanes) is 2. The summed E-state index contributed by atoms with van der Waals surface area (Å²) in [5, 5.41) is 2.78. The molecule has 0 spiro atoms. The molecule has 1 N–H and O–H groups in total. The van der Waals surface area contributed by atoms with Gasteiger partial charge in [-0.25, -0.2) is 4.79 Å². The van der Waals surface area contributed by atoms with Crippen LogP contribution in [-0.4, -0.2) is 42.4 Å². The molecule has 1 fully saturated rings. The van der Waals surface area contributed by atoms with Gasteiger partial charge in [0.25, 0.3) is 5.91 Å². The second kappa shape index (κ2) is 6.67. The predicted octanol–water partition coefficient (Wildman–Crippen LogP) is 2.41. The highest BCUT2D eigenvalue weighted by molar-refractivity contribution is 6.06. The zero-order valence-corrected chi connectivity index (χ0v) is 13.6. The lowest BCUT2D eigenvalue weighted by Crippen LogP contribution is -2.46. The van der Waals surface area contributed by atoms with E-state index < -0.39 is 5.54 Å². The van der Waals surface area contributed by atoms with Gasteiger partial charge in [-0.05, 0) is 43.9 Å². The summed E-state index contributed by atoms with van der Waals surface area (Å²) < 4.78 is 22.7. The van der Waals surface area contributed by atoms with Crippen molar-refractivity contribution in [2.24, 2.45) is 0 Å². The minimum atomic E-state index is -0.981. The average Bonchev–Trinajstić information content (AvgIpc) is 3.08. The van der Waals surface area contributed by atoms with Crippen LogP contribution in [-0.2, 0) is 11.2 Å². The highest BCUT2D eigenvalue weighted by Crippen LogP contribution is 2.34. The average molecular weight is 336 g/mol. The topological polar surface area (TPSA) is 67.9 Å². The zero-order valence-electron chi connectivity index (χ0n) is 13.6. The summed E-state index contributed by atoms with van der Waals surface area (Å²) in [4.78, 5) is 26.0. The van der Waals surface area contributed by atoms with E-state index >= 15 is 0 Å². The van der Waals surface area contributed by atoms with Crippen LogP contribution < -0.4 is 14.8 Å². The number of ether oxygens (including phenoxy) is 2. The van der Waals surface area contributed by atoms with Crippen molar-refractivity contribution in [1.82, 2.24) is 10.2 Å². The van der Waals surface area contributed by atoms with Crippen molar-refractivity contribution in [2.45, 2.75) is 38.1 Å². The van der Waals surface area contributed by atoms with Gasteiger partial charge in [-0.1, -0.05) is 6.07 Å². The number of nitrogens with one attached hydrogen (secondary N) is 1. The summed E-state index contributed by atoms with van der Waals surface area (Å²) in [5.41, 5.74) is -0.0973. The van der Waals surface area contributed by atoms with E-state index in [4.69, 9.17) is 9.47 Å². The first-order chi connectivity index (χ1) is 11.5. The van der Waals surface area contributed by atoms with Crippen molar-refractivity contribution < 1.29 is 23.5 Å². The number of amides is 3. The third-order valence-corrected chi connectivity index (χ3v) is 4.36. The van der Waals surface area contributed by atoms with Crippen molar-refractivity contribution in [2.75, 3.05) is 20.0 Å². The van der Waals surface area contributed by atoms with E-state index in [9.17, 15) is 14.0 Å². The summed E-state index contributed by atoms with van der Waals surface area (Å²) in [5.74, 6) is 1.08. The van der Waals surface area contributed by atoms with Crippen LogP contribution in [0.1, 0.15) is 31.7 Å². The molecule has 1 saturated heterocycles.